The molecule has 1 fully saturated rings. The second-order valence-electron chi connectivity index (χ2n) is 6.84. The standard InChI is InChI=1S/C14H25N3S/c1-13(2,3)10-11(14(4,5)15)18-12(16-10)17-8-6-7-9-17/h6-9,15H2,1-5H3. The topological polar surface area (TPSA) is 42.2 Å². The van der Waals surface area contributed by atoms with Crippen LogP contribution in [0.15, 0.2) is 0 Å². The molecule has 0 aromatic carbocycles. The Bertz CT molecular complexity index is 386. The molecule has 0 atom stereocenters. The Morgan fingerprint density at radius 1 is 1.11 bits per heavy atom. The van der Waals surface area contributed by atoms with Crippen molar-refractivity contribution in [3.05, 3.63) is 10.6 Å². The lowest BCUT2D eigenvalue weighted by Gasteiger charge is -2.24. The molecule has 0 bridgehead atoms. The Balaban J connectivity index is 2.44. The van der Waals surface area contributed by atoms with Crippen LogP contribution in [0.3, 0.4) is 0 Å². The number of nitrogens with zero attached hydrogens (tertiary/aromatic N) is 2. The molecular formula is C14H25N3S. The number of hydrogen-bond donors (Lipinski definition) is 1. The normalized spacial score (nSPS) is 17.6. The van der Waals surface area contributed by atoms with Crippen LogP contribution >= 0.6 is 11.3 Å². The van der Waals surface area contributed by atoms with E-state index in [1.54, 1.807) is 11.3 Å². The van der Waals surface area contributed by atoms with Gasteiger partial charge in [-0.1, -0.05) is 32.1 Å². The largest absolute Gasteiger partial charge is 0.348 e. The van der Waals surface area contributed by atoms with E-state index in [-0.39, 0.29) is 11.0 Å². The SMILES string of the molecule is CC(C)(C)c1nc(N2CCCC2)sc1C(C)(C)N. The van der Waals surface area contributed by atoms with E-state index in [1.165, 1.54) is 23.4 Å². The van der Waals surface area contributed by atoms with Gasteiger partial charge in [0, 0.05) is 28.9 Å². The van der Waals surface area contributed by atoms with E-state index in [1.807, 2.05) is 0 Å². The number of thiazole rings is 1. The molecule has 2 N–H and O–H groups in total. The highest BCUT2D eigenvalue weighted by Crippen LogP contribution is 2.39. The van der Waals surface area contributed by atoms with Crippen LogP contribution in [-0.2, 0) is 11.0 Å². The summed E-state index contributed by atoms with van der Waals surface area (Å²) in [5.41, 5.74) is 7.24. The first-order valence-corrected chi connectivity index (χ1v) is 7.57. The highest BCUT2D eigenvalue weighted by Gasteiger charge is 2.31. The van der Waals surface area contributed by atoms with Crippen molar-refractivity contribution in [2.45, 2.75) is 58.4 Å². The highest BCUT2D eigenvalue weighted by atomic mass is 32.1. The maximum absolute atomic E-state index is 6.32. The summed E-state index contributed by atoms with van der Waals surface area (Å²) in [5.74, 6) is 0. The van der Waals surface area contributed by atoms with Crippen molar-refractivity contribution in [2.75, 3.05) is 18.0 Å². The quantitative estimate of drug-likeness (QED) is 0.894. The third-order valence-electron chi connectivity index (χ3n) is 3.29. The maximum atomic E-state index is 6.32. The first-order valence-electron chi connectivity index (χ1n) is 6.75. The number of hydrogen-bond acceptors (Lipinski definition) is 4. The second-order valence-corrected chi connectivity index (χ2v) is 7.82. The summed E-state index contributed by atoms with van der Waals surface area (Å²) in [7, 11) is 0. The first-order chi connectivity index (χ1) is 8.19. The monoisotopic (exact) mass is 267 g/mol. The van der Waals surface area contributed by atoms with Gasteiger partial charge >= 0.3 is 0 Å². The number of nitrogens with two attached hydrogens (primary N) is 1. The average Bonchev–Trinajstić information content (AvgIpc) is 2.84. The van der Waals surface area contributed by atoms with Gasteiger partial charge in [0.05, 0.1) is 5.69 Å². The zero-order chi connectivity index (χ0) is 13.6. The predicted molar refractivity (Wildman–Crippen MR) is 79.5 cm³/mol. The van der Waals surface area contributed by atoms with Crippen molar-refractivity contribution in [1.29, 1.82) is 0 Å². The molecule has 1 aliphatic rings. The zero-order valence-corrected chi connectivity index (χ0v) is 13.0. The van der Waals surface area contributed by atoms with Crippen LogP contribution in [0.5, 0.6) is 0 Å². The molecule has 2 heterocycles. The van der Waals surface area contributed by atoms with Crippen molar-refractivity contribution in [2.24, 2.45) is 5.73 Å². The lowest BCUT2D eigenvalue weighted by molar-refractivity contribution is 0.512. The van der Waals surface area contributed by atoms with Crippen LogP contribution in [-0.4, -0.2) is 18.1 Å². The van der Waals surface area contributed by atoms with Gasteiger partial charge in [0.25, 0.3) is 0 Å². The molecule has 2 rings (SSSR count). The van der Waals surface area contributed by atoms with Gasteiger partial charge in [0.2, 0.25) is 0 Å². The van der Waals surface area contributed by atoms with Crippen LogP contribution in [0.1, 0.15) is 58.0 Å². The van der Waals surface area contributed by atoms with Crippen LogP contribution in [0, 0.1) is 0 Å². The molecule has 0 unspecified atom stereocenters. The Labute approximate surface area is 114 Å². The van der Waals surface area contributed by atoms with Crippen molar-refractivity contribution in [3.8, 4) is 0 Å². The summed E-state index contributed by atoms with van der Waals surface area (Å²) < 4.78 is 0. The van der Waals surface area contributed by atoms with Crippen molar-refractivity contribution in [3.63, 3.8) is 0 Å². The summed E-state index contributed by atoms with van der Waals surface area (Å²) in [4.78, 5) is 8.53. The number of rotatable bonds is 2. The van der Waals surface area contributed by atoms with Gasteiger partial charge in [-0.15, -0.1) is 0 Å². The van der Waals surface area contributed by atoms with Crippen molar-refractivity contribution < 1.29 is 0 Å². The third kappa shape index (κ3) is 2.69. The third-order valence-corrected chi connectivity index (χ3v) is 4.74. The average molecular weight is 267 g/mol. The Morgan fingerprint density at radius 3 is 2.06 bits per heavy atom. The Kier molecular flexibility index (Phi) is 3.45. The predicted octanol–water partition coefficient (Wildman–Crippen LogP) is 3.23. The molecule has 0 spiro atoms. The summed E-state index contributed by atoms with van der Waals surface area (Å²) >= 11 is 1.78. The lowest BCUT2D eigenvalue weighted by Crippen LogP contribution is -2.31. The molecule has 18 heavy (non-hydrogen) atoms. The smallest absolute Gasteiger partial charge is 0.185 e. The molecule has 0 radical (unpaired) electrons. The van der Waals surface area contributed by atoms with Gasteiger partial charge in [-0.05, 0) is 26.7 Å². The van der Waals surface area contributed by atoms with E-state index in [4.69, 9.17) is 10.7 Å². The minimum absolute atomic E-state index is 0.0560. The fourth-order valence-corrected chi connectivity index (χ4v) is 3.64. The zero-order valence-electron chi connectivity index (χ0n) is 12.2. The molecule has 102 valence electrons. The first kappa shape index (κ1) is 13.8. The lowest BCUT2D eigenvalue weighted by atomic mass is 9.87. The van der Waals surface area contributed by atoms with Crippen molar-refractivity contribution >= 4 is 16.5 Å². The van der Waals surface area contributed by atoms with Crippen LogP contribution in [0.2, 0.25) is 0 Å². The van der Waals surface area contributed by atoms with E-state index in [0.717, 1.165) is 18.2 Å². The van der Waals surface area contributed by atoms with Gasteiger partial charge in [0.1, 0.15) is 0 Å². The van der Waals surface area contributed by atoms with E-state index in [2.05, 4.69) is 39.5 Å². The molecule has 1 saturated heterocycles. The molecule has 4 heteroatoms. The fraction of sp³-hybridized carbons (Fsp3) is 0.786. The van der Waals surface area contributed by atoms with Crippen LogP contribution in [0.4, 0.5) is 5.13 Å². The summed E-state index contributed by atoms with van der Waals surface area (Å²) in [6, 6.07) is 0. The molecule has 1 aliphatic heterocycles. The van der Waals surface area contributed by atoms with Crippen LogP contribution < -0.4 is 10.6 Å². The van der Waals surface area contributed by atoms with Crippen LogP contribution in [0.25, 0.3) is 0 Å². The maximum Gasteiger partial charge on any atom is 0.185 e. The molecule has 1 aromatic rings. The molecule has 3 nitrogen and oxygen atoms in total. The van der Waals surface area contributed by atoms with E-state index in [0.29, 0.717) is 0 Å². The fourth-order valence-electron chi connectivity index (χ4n) is 2.30. The highest BCUT2D eigenvalue weighted by molar-refractivity contribution is 7.15. The molecular weight excluding hydrogens is 242 g/mol. The van der Waals surface area contributed by atoms with Gasteiger partial charge < -0.3 is 10.6 Å². The van der Waals surface area contributed by atoms with E-state index < -0.39 is 0 Å². The number of aromatic nitrogens is 1. The minimum Gasteiger partial charge on any atom is -0.348 e. The van der Waals surface area contributed by atoms with E-state index in [9.17, 15) is 0 Å². The molecule has 0 amide bonds. The van der Waals surface area contributed by atoms with E-state index >= 15 is 0 Å². The minimum atomic E-state index is -0.307. The summed E-state index contributed by atoms with van der Waals surface area (Å²) in [6.07, 6.45) is 2.57. The summed E-state index contributed by atoms with van der Waals surface area (Å²) in [5, 5.41) is 1.16. The molecule has 0 aliphatic carbocycles. The molecule has 1 aromatic heterocycles. The summed E-state index contributed by atoms with van der Waals surface area (Å²) in [6.45, 7) is 13.1. The Hall–Kier alpha value is -0.610. The van der Waals surface area contributed by atoms with Gasteiger partial charge in [0.15, 0.2) is 5.13 Å². The van der Waals surface area contributed by atoms with Gasteiger partial charge in [-0.2, -0.15) is 0 Å². The van der Waals surface area contributed by atoms with Gasteiger partial charge in [-0.3, -0.25) is 0 Å². The van der Waals surface area contributed by atoms with Crippen molar-refractivity contribution in [1.82, 2.24) is 4.98 Å². The number of anilines is 1. The molecule has 0 saturated carbocycles. The second kappa shape index (κ2) is 4.49. The Morgan fingerprint density at radius 2 is 1.67 bits per heavy atom. The van der Waals surface area contributed by atoms with Gasteiger partial charge in [-0.25, -0.2) is 4.98 Å².